The van der Waals surface area contributed by atoms with Crippen molar-refractivity contribution >= 4 is 17.3 Å². The molecule has 1 aromatic heterocycles. The molecule has 0 radical (unpaired) electrons. The minimum atomic E-state index is 0.467. The number of nitrogens with zero attached hydrogens (tertiary/aromatic N) is 4. The van der Waals surface area contributed by atoms with Gasteiger partial charge in [-0.2, -0.15) is 5.10 Å². The van der Waals surface area contributed by atoms with Crippen LogP contribution < -0.4 is 14.4 Å². The summed E-state index contributed by atoms with van der Waals surface area (Å²) in [6, 6.07) is 9.68. The van der Waals surface area contributed by atoms with Gasteiger partial charge in [0.1, 0.15) is 18.1 Å². The minimum absolute atomic E-state index is 0.467. The van der Waals surface area contributed by atoms with Crippen LogP contribution in [0.15, 0.2) is 36.5 Å². The predicted octanol–water partition coefficient (Wildman–Crippen LogP) is 2.73. The van der Waals surface area contributed by atoms with E-state index in [4.69, 9.17) is 21.1 Å². The van der Waals surface area contributed by atoms with E-state index in [-0.39, 0.29) is 0 Å². The highest BCUT2D eigenvalue weighted by Crippen LogP contribution is 2.23. The quantitative estimate of drug-likeness (QED) is 0.755. The number of piperazine rings is 1. The summed E-state index contributed by atoms with van der Waals surface area (Å²) in [6.45, 7) is 8.03. The van der Waals surface area contributed by atoms with Crippen LogP contribution >= 0.6 is 11.6 Å². The average molecular weight is 363 g/mol. The maximum Gasteiger partial charge on any atom is 0.174 e. The third kappa shape index (κ3) is 4.96. The number of anilines is 1. The summed E-state index contributed by atoms with van der Waals surface area (Å²) in [5.41, 5.74) is 0.960. The van der Waals surface area contributed by atoms with Crippen LogP contribution in [0.1, 0.15) is 6.92 Å². The predicted molar refractivity (Wildman–Crippen MR) is 98.8 cm³/mol. The summed E-state index contributed by atoms with van der Waals surface area (Å²) < 4.78 is 11.3. The molecular formula is C18H23ClN4O2. The molecule has 7 heteroatoms. The zero-order valence-corrected chi connectivity index (χ0v) is 15.2. The number of halogens is 1. The lowest BCUT2D eigenvalue weighted by Crippen LogP contribution is -2.47. The Morgan fingerprint density at radius 2 is 1.68 bits per heavy atom. The molecule has 0 saturated carbocycles. The van der Waals surface area contributed by atoms with Crippen molar-refractivity contribution in [3.8, 4) is 11.5 Å². The molecule has 1 fully saturated rings. The van der Waals surface area contributed by atoms with Crippen LogP contribution in [-0.2, 0) is 0 Å². The van der Waals surface area contributed by atoms with Gasteiger partial charge in [-0.1, -0.05) is 11.6 Å². The van der Waals surface area contributed by atoms with Gasteiger partial charge in [0.15, 0.2) is 5.15 Å². The minimum Gasteiger partial charge on any atom is -0.494 e. The summed E-state index contributed by atoms with van der Waals surface area (Å²) in [7, 11) is 0. The van der Waals surface area contributed by atoms with Crippen molar-refractivity contribution in [3.05, 3.63) is 41.7 Å². The molecule has 0 spiro atoms. The second-order valence-corrected chi connectivity index (χ2v) is 6.15. The average Bonchev–Trinajstić information content (AvgIpc) is 2.65. The monoisotopic (exact) mass is 362 g/mol. The van der Waals surface area contributed by atoms with Crippen LogP contribution in [0.5, 0.6) is 11.5 Å². The molecule has 1 aliphatic heterocycles. The highest BCUT2D eigenvalue weighted by molar-refractivity contribution is 6.31. The fraction of sp³-hybridized carbons (Fsp3) is 0.444. The van der Waals surface area contributed by atoms with Crippen molar-refractivity contribution in [3.63, 3.8) is 0 Å². The van der Waals surface area contributed by atoms with Crippen molar-refractivity contribution in [1.82, 2.24) is 15.1 Å². The van der Waals surface area contributed by atoms with E-state index in [9.17, 15) is 0 Å². The maximum atomic E-state index is 6.12. The Kier molecular flexibility index (Phi) is 6.30. The first-order valence-electron chi connectivity index (χ1n) is 8.56. The molecule has 2 aromatic rings. The smallest absolute Gasteiger partial charge is 0.174 e. The maximum absolute atomic E-state index is 6.12. The molecule has 0 N–H and O–H groups in total. The first kappa shape index (κ1) is 17.8. The van der Waals surface area contributed by atoms with Gasteiger partial charge in [0.05, 0.1) is 18.5 Å². The van der Waals surface area contributed by atoms with Gasteiger partial charge in [0.2, 0.25) is 0 Å². The van der Waals surface area contributed by atoms with Crippen LogP contribution in [-0.4, -0.2) is 61.0 Å². The standard InChI is InChI=1S/C18H23ClN4O2/c1-2-24-15-3-5-16(6-4-15)25-14-13-22-9-11-23(12-10-22)17-7-8-20-21-18(17)19/h3-8H,2,9-14H2,1H3. The molecule has 0 unspecified atom stereocenters. The molecule has 0 aliphatic carbocycles. The molecule has 1 aromatic carbocycles. The second-order valence-electron chi connectivity index (χ2n) is 5.79. The Bertz CT molecular complexity index is 660. The Labute approximate surface area is 153 Å². The fourth-order valence-electron chi connectivity index (χ4n) is 2.85. The third-order valence-electron chi connectivity index (χ3n) is 4.18. The molecule has 6 nitrogen and oxygen atoms in total. The number of hydrogen-bond acceptors (Lipinski definition) is 6. The van der Waals surface area contributed by atoms with Crippen LogP contribution in [0.4, 0.5) is 5.69 Å². The number of benzene rings is 1. The van der Waals surface area contributed by atoms with Crippen molar-refractivity contribution in [2.24, 2.45) is 0 Å². The summed E-state index contributed by atoms with van der Waals surface area (Å²) >= 11 is 6.12. The van der Waals surface area contributed by atoms with Gasteiger partial charge in [-0.3, -0.25) is 4.90 Å². The lowest BCUT2D eigenvalue weighted by molar-refractivity contribution is 0.200. The zero-order chi connectivity index (χ0) is 17.5. The third-order valence-corrected chi connectivity index (χ3v) is 4.45. The molecule has 134 valence electrons. The van der Waals surface area contributed by atoms with E-state index < -0.39 is 0 Å². The van der Waals surface area contributed by atoms with Gasteiger partial charge in [-0.15, -0.1) is 5.10 Å². The molecule has 3 rings (SSSR count). The van der Waals surface area contributed by atoms with E-state index in [1.54, 1.807) is 6.20 Å². The molecule has 0 bridgehead atoms. The molecule has 1 saturated heterocycles. The number of aromatic nitrogens is 2. The summed E-state index contributed by atoms with van der Waals surface area (Å²) in [5, 5.41) is 8.17. The highest BCUT2D eigenvalue weighted by atomic mass is 35.5. The van der Waals surface area contributed by atoms with E-state index in [1.165, 1.54) is 0 Å². The fourth-order valence-corrected chi connectivity index (χ4v) is 3.07. The second kappa shape index (κ2) is 8.87. The lowest BCUT2D eigenvalue weighted by Gasteiger charge is -2.35. The van der Waals surface area contributed by atoms with Gasteiger partial charge in [-0.25, -0.2) is 0 Å². The molecular weight excluding hydrogens is 340 g/mol. The summed E-state index contributed by atoms with van der Waals surface area (Å²) in [5.74, 6) is 1.74. The molecule has 0 atom stereocenters. The van der Waals surface area contributed by atoms with Gasteiger partial charge < -0.3 is 14.4 Å². The van der Waals surface area contributed by atoms with E-state index in [2.05, 4.69) is 20.0 Å². The number of rotatable bonds is 7. The topological polar surface area (TPSA) is 50.7 Å². The van der Waals surface area contributed by atoms with E-state index >= 15 is 0 Å². The Balaban J connectivity index is 1.40. The largest absolute Gasteiger partial charge is 0.494 e. The van der Waals surface area contributed by atoms with Crippen LogP contribution in [0.2, 0.25) is 5.15 Å². The van der Waals surface area contributed by atoms with Crippen molar-refractivity contribution in [1.29, 1.82) is 0 Å². The normalized spacial score (nSPS) is 15.2. The first-order chi connectivity index (χ1) is 12.3. The Morgan fingerprint density at radius 3 is 2.32 bits per heavy atom. The SMILES string of the molecule is CCOc1ccc(OCCN2CCN(c3ccnnc3Cl)CC2)cc1. The molecule has 2 heterocycles. The van der Waals surface area contributed by atoms with Crippen molar-refractivity contribution in [2.75, 3.05) is 50.8 Å². The summed E-state index contributed by atoms with van der Waals surface area (Å²) in [6.07, 6.45) is 1.68. The first-order valence-corrected chi connectivity index (χ1v) is 8.94. The highest BCUT2D eigenvalue weighted by Gasteiger charge is 2.19. The van der Waals surface area contributed by atoms with E-state index in [1.807, 2.05) is 37.3 Å². The Hall–Kier alpha value is -2.05. The number of ether oxygens (including phenoxy) is 2. The Morgan fingerprint density at radius 1 is 1.00 bits per heavy atom. The van der Waals surface area contributed by atoms with E-state index in [0.29, 0.717) is 18.4 Å². The van der Waals surface area contributed by atoms with Crippen LogP contribution in [0.25, 0.3) is 0 Å². The molecule has 0 amide bonds. The van der Waals surface area contributed by atoms with Gasteiger partial charge >= 0.3 is 0 Å². The number of hydrogen-bond donors (Lipinski definition) is 0. The van der Waals surface area contributed by atoms with E-state index in [0.717, 1.165) is 49.9 Å². The van der Waals surface area contributed by atoms with Crippen LogP contribution in [0.3, 0.4) is 0 Å². The van der Waals surface area contributed by atoms with Crippen molar-refractivity contribution < 1.29 is 9.47 Å². The lowest BCUT2D eigenvalue weighted by atomic mass is 10.3. The van der Waals surface area contributed by atoms with Gasteiger partial charge in [0, 0.05) is 32.7 Å². The van der Waals surface area contributed by atoms with Crippen LogP contribution in [0, 0.1) is 0 Å². The summed E-state index contributed by atoms with van der Waals surface area (Å²) in [4.78, 5) is 4.65. The molecule has 25 heavy (non-hydrogen) atoms. The van der Waals surface area contributed by atoms with Gasteiger partial charge in [-0.05, 0) is 37.3 Å². The zero-order valence-electron chi connectivity index (χ0n) is 14.4. The van der Waals surface area contributed by atoms with Crippen molar-refractivity contribution in [2.45, 2.75) is 6.92 Å². The van der Waals surface area contributed by atoms with Gasteiger partial charge in [0.25, 0.3) is 0 Å². The molecule has 1 aliphatic rings.